The Bertz CT molecular complexity index is 390. The number of aromatic nitrogens is 1. The van der Waals surface area contributed by atoms with Crippen LogP contribution >= 0.6 is 24.8 Å². The molecule has 0 spiro atoms. The van der Waals surface area contributed by atoms with Gasteiger partial charge in [-0.1, -0.05) is 0 Å². The number of fused-ring (bicyclic) bond motifs is 1. The summed E-state index contributed by atoms with van der Waals surface area (Å²) >= 11 is 0. The molecule has 2 fully saturated rings. The van der Waals surface area contributed by atoms with Crippen LogP contribution in [0.3, 0.4) is 0 Å². The van der Waals surface area contributed by atoms with E-state index in [0.717, 1.165) is 31.7 Å². The van der Waals surface area contributed by atoms with Gasteiger partial charge in [-0.3, -0.25) is 9.78 Å². The molecular formula is C12H17Cl2N3O. The molecule has 18 heavy (non-hydrogen) atoms. The van der Waals surface area contributed by atoms with Gasteiger partial charge in [0.05, 0.1) is 0 Å². The summed E-state index contributed by atoms with van der Waals surface area (Å²) in [7, 11) is 0. The van der Waals surface area contributed by atoms with Gasteiger partial charge in [0.2, 0.25) is 0 Å². The first kappa shape index (κ1) is 15.2. The minimum atomic E-state index is 0. The van der Waals surface area contributed by atoms with Crippen molar-refractivity contribution < 1.29 is 4.79 Å². The van der Waals surface area contributed by atoms with E-state index < -0.39 is 0 Å². The zero-order chi connectivity index (χ0) is 11.0. The number of rotatable bonds is 1. The monoisotopic (exact) mass is 289 g/mol. The summed E-state index contributed by atoms with van der Waals surface area (Å²) in [6, 6.07) is 3.57. The van der Waals surface area contributed by atoms with Crippen molar-refractivity contribution in [2.75, 3.05) is 26.2 Å². The summed E-state index contributed by atoms with van der Waals surface area (Å²) in [5, 5.41) is 3.38. The van der Waals surface area contributed by atoms with Gasteiger partial charge in [-0.05, 0) is 24.0 Å². The van der Waals surface area contributed by atoms with Crippen LogP contribution in [0, 0.1) is 11.8 Å². The van der Waals surface area contributed by atoms with Gasteiger partial charge in [0.15, 0.2) is 0 Å². The highest BCUT2D eigenvalue weighted by atomic mass is 35.5. The highest BCUT2D eigenvalue weighted by Gasteiger charge is 2.38. The van der Waals surface area contributed by atoms with Crippen molar-refractivity contribution in [3.05, 3.63) is 30.1 Å². The molecule has 3 rings (SSSR count). The molecule has 0 radical (unpaired) electrons. The highest BCUT2D eigenvalue weighted by Crippen LogP contribution is 2.27. The summed E-state index contributed by atoms with van der Waals surface area (Å²) in [6.07, 6.45) is 3.34. The second kappa shape index (κ2) is 6.36. The summed E-state index contributed by atoms with van der Waals surface area (Å²) < 4.78 is 0. The van der Waals surface area contributed by atoms with Gasteiger partial charge in [-0.25, -0.2) is 0 Å². The van der Waals surface area contributed by atoms with Crippen molar-refractivity contribution in [1.82, 2.24) is 15.2 Å². The second-order valence-electron chi connectivity index (χ2n) is 4.62. The number of nitrogens with one attached hydrogen (secondary N) is 1. The Morgan fingerprint density at radius 1 is 1.17 bits per heavy atom. The number of nitrogens with zero attached hydrogens (tertiary/aromatic N) is 2. The van der Waals surface area contributed by atoms with Crippen LogP contribution in [0.4, 0.5) is 0 Å². The molecule has 2 aliphatic heterocycles. The molecule has 1 aromatic rings. The molecule has 0 aromatic carbocycles. The molecule has 1 amide bonds. The number of amides is 1. The van der Waals surface area contributed by atoms with E-state index in [9.17, 15) is 4.79 Å². The Labute approximate surface area is 119 Å². The Morgan fingerprint density at radius 2 is 1.72 bits per heavy atom. The molecule has 1 aromatic heterocycles. The third-order valence-corrected chi connectivity index (χ3v) is 3.60. The Morgan fingerprint density at radius 3 is 2.28 bits per heavy atom. The molecule has 0 aliphatic carbocycles. The maximum atomic E-state index is 12.2. The summed E-state index contributed by atoms with van der Waals surface area (Å²) in [4.78, 5) is 18.1. The lowest BCUT2D eigenvalue weighted by molar-refractivity contribution is 0.0781. The molecule has 0 unspecified atom stereocenters. The first-order chi connectivity index (χ1) is 7.84. The van der Waals surface area contributed by atoms with Crippen molar-refractivity contribution in [1.29, 1.82) is 0 Å². The normalized spacial score (nSPS) is 25.0. The molecule has 4 nitrogen and oxygen atoms in total. The number of hydrogen-bond acceptors (Lipinski definition) is 3. The van der Waals surface area contributed by atoms with Gasteiger partial charge in [-0.15, -0.1) is 24.8 Å². The van der Waals surface area contributed by atoms with Gasteiger partial charge in [0.25, 0.3) is 5.91 Å². The average molecular weight is 290 g/mol. The molecule has 0 saturated carbocycles. The SMILES string of the molecule is Cl.Cl.O=C(c1ccncc1)N1C[C@H]2CNC[C@H]2C1. The lowest BCUT2D eigenvalue weighted by Crippen LogP contribution is -2.31. The van der Waals surface area contributed by atoms with Crippen LogP contribution in [-0.4, -0.2) is 42.0 Å². The molecule has 100 valence electrons. The number of carbonyl (C=O) groups excluding carboxylic acids is 1. The average Bonchev–Trinajstić information content (AvgIpc) is 2.89. The fourth-order valence-electron chi connectivity index (χ4n) is 2.70. The lowest BCUT2D eigenvalue weighted by Gasteiger charge is -2.17. The summed E-state index contributed by atoms with van der Waals surface area (Å²) in [5.74, 6) is 1.47. The third-order valence-electron chi connectivity index (χ3n) is 3.60. The van der Waals surface area contributed by atoms with Crippen LogP contribution in [0.2, 0.25) is 0 Å². The van der Waals surface area contributed by atoms with E-state index in [2.05, 4.69) is 10.3 Å². The van der Waals surface area contributed by atoms with Gasteiger partial charge >= 0.3 is 0 Å². The van der Waals surface area contributed by atoms with Crippen molar-refractivity contribution in [2.45, 2.75) is 0 Å². The molecular weight excluding hydrogens is 273 g/mol. The van der Waals surface area contributed by atoms with Crippen LogP contribution in [0.25, 0.3) is 0 Å². The fraction of sp³-hybridized carbons (Fsp3) is 0.500. The molecule has 0 bridgehead atoms. The lowest BCUT2D eigenvalue weighted by atomic mass is 10.0. The molecule has 1 N–H and O–H groups in total. The molecule has 6 heteroatoms. The molecule has 2 atom stereocenters. The van der Waals surface area contributed by atoms with Gasteiger partial charge in [0.1, 0.15) is 0 Å². The second-order valence-corrected chi connectivity index (χ2v) is 4.62. The van der Waals surface area contributed by atoms with E-state index in [4.69, 9.17) is 0 Å². The zero-order valence-corrected chi connectivity index (χ0v) is 11.5. The molecule has 2 saturated heterocycles. The first-order valence-electron chi connectivity index (χ1n) is 5.74. The predicted octanol–water partition coefficient (Wildman–Crippen LogP) is 1.22. The van der Waals surface area contributed by atoms with Crippen LogP contribution < -0.4 is 5.32 Å². The van der Waals surface area contributed by atoms with Crippen LogP contribution in [-0.2, 0) is 0 Å². The van der Waals surface area contributed by atoms with E-state index in [0.29, 0.717) is 11.8 Å². The maximum absolute atomic E-state index is 12.2. The van der Waals surface area contributed by atoms with Gasteiger partial charge < -0.3 is 10.2 Å². The summed E-state index contributed by atoms with van der Waals surface area (Å²) in [6.45, 7) is 3.92. The quantitative estimate of drug-likeness (QED) is 0.846. The number of pyridine rings is 1. The topological polar surface area (TPSA) is 45.2 Å². The van der Waals surface area contributed by atoms with E-state index >= 15 is 0 Å². The van der Waals surface area contributed by atoms with Crippen molar-refractivity contribution in [3.8, 4) is 0 Å². The van der Waals surface area contributed by atoms with E-state index in [1.54, 1.807) is 24.5 Å². The largest absolute Gasteiger partial charge is 0.338 e. The number of likely N-dealkylation sites (tertiary alicyclic amines) is 1. The predicted molar refractivity (Wildman–Crippen MR) is 74.5 cm³/mol. The standard InChI is InChI=1S/C12H15N3O.2ClH/c16-12(9-1-3-13-4-2-9)15-7-10-5-14-6-11(10)8-15;;/h1-4,10-11,14H,5-8H2;2*1H/t10-,11+;;. The van der Waals surface area contributed by atoms with E-state index in [1.165, 1.54) is 0 Å². The van der Waals surface area contributed by atoms with Crippen LogP contribution in [0.5, 0.6) is 0 Å². The maximum Gasteiger partial charge on any atom is 0.253 e. The van der Waals surface area contributed by atoms with E-state index in [-0.39, 0.29) is 30.7 Å². The Hall–Kier alpha value is -0.840. The Balaban J connectivity index is 0.000000810. The van der Waals surface area contributed by atoms with Gasteiger partial charge in [-0.2, -0.15) is 0 Å². The van der Waals surface area contributed by atoms with Crippen LogP contribution in [0.1, 0.15) is 10.4 Å². The zero-order valence-electron chi connectivity index (χ0n) is 9.91. The Kier molecular flexibility index (Phi) is 5.38. The number of halogens is 2. The third kappa shape index (κ3) is 2.76. The fourth-order valence-corrected chi connectivity index (χ4v) is 2.70. The number of carbonyl (C=O) groups is 1. The van der Waals surface area contributed by atoms with Crippen molar-refractivity contribution in [3.63, 3.8) is 0 Å². The first-order valence-corrected chi connectivity index (χ1v) is 5.74. The van der Waals surface area contributed by atoms with Gasteiger partial charge in [0, 0.05) is 44.1 Å². The smallest absolute Gasteiger partial charge is 0.253 e. The van der Waals surface area contributed by atoms with E-state index in [1.807, 2.05) is 4.90 Å². The van der Waals surface area contributed by atoms with Crippen LogP contribution in [0.15, 0.2) is 24.5 Å². The molecule has 2 aliphatic rings. The summed E-state index contributed by atoms with van der Waals surface area (Å²) in [5.41, 5.74) is 0.753. The minimum absolute atomic E-state index is 0. The van der Waals surface area contributed by atoms with Crippen molar-refractivity contribution in [2.24, 2.45) is 11.8 Å². The highest BCUT2D eigenvalue weighted by molar-refractivity contribution is 5.94. The number of hydrogen-bond donors (Lipinski definition) is 1. The molecule has 3 heterocycles. The van der Waals surface area contributed by atoms with Crippen molar-refractivity contribution >= 4 is 30.7 Å². The minimum Gasteiger partial charge on any atom is -0.338 e.